The topological polar surface area (TPSA) is 88.2 Å². The van der Waals surface area contributed by atoms with Crippen LogP contribution in [0.4, 0.5) is 5.13 Å². The van der Waals surface area contributed by atoms with Gasteiger partial charge in [0.2, 0.25) is 10.0 Å². The van der Waals surface area contributed by atoms with E-state index >= 15 is 0 Å². The van der Waals surface area contributed by atoms with E-state index in [2.05, 4.69) is 27.2 Å². The third kappa shape index (κ3) is 3.56. The Labute approximate surface area is 155 Å². The SMILES string of the molecule is CS(=O)(=O)Nc1nc2ccc(C(=O)NC3Cc4ccccc4C3)cc2s1. The van der Waals surface area contributed by atoms with Crippen molar-refractivity contribution in [3.63, 3.8) is 0 Å². The van der Waals surface area contributed by atoms with E-state index in [4.69, 9.17) is 0 Å². The number of benzene rings is 2. The Morgan fingerprint density at radius 2 is 1.85 bits per heavy atom. The van der Waals surface area contributed by atoms with Gasteiger partial charge in [0, 0.05) is 11.6 Å². The average molecular weight is 387 g/mol. The zero-order valence-corrected chi connectivity index (χ0v) is 15.7. The van der Waals surface area contributed by atoms with E-state index in [1.54, 1.807) is 18.2 Å². The van der Waals surface area contributed by atoms with E-state index in [1.807, 2.05) is 12.1 Å². The van der Waals surface area contributed by atoms with E-state index in [0.717, 1.165) is 23.8 Å². The van der Waals surface area contributed by atoms with Crippen molar-refractivity contribution in [3.8, 4) is 0 Å². The number of rotatable bonds is 4. The van der Waals surface area contributed by atoms with Crippen molar-refractivity contribution in [2.75, 3.05) is 11.0 Å². The number of fused-ring (bicyclic) bond motifs is 2. The predicted octanol–water partition coefficient (Wildman–Crippen LogP) is 2.57. The Hall–Kier alpha value is -2.45. The van der Waals surface area contributed by atoms with Gasteiger partial charge < -0.3 is 5.32 Å². The molecule has 2 aromatic carbocycles. The fourth-order valence-electron chi connectivity index (χ4n) is 3.20. The van der Waals surface area contributed by atoms with Gasteiger partial charge in [-0.1, -0.05) is 35.6 Å². The lowest BCUT2D eigenvalue weighted by Crippen LogP contribution is -2.35. The summed E-state index contributed by atoms with van der Waals surface area (Å²) in [6.45, 7) is 0. The number of carbonyl (C=O) groups excluding carboxylic acids is 1. The largest absolute Gasteiger partial charge is 0.349 e. The van der Waals surface area contributed by atoms with Crippen molar-refractivity contribution >= 4 is 42.6 Å². The van der Waals surface area contributed by atoms with Crippen LogP contribution in [0.2, 0.25) is 0 Å². The van der Waals surface area contributed by atoms with Gasteiger partial charge in [-0.3, -0.25) is 9.52 Å². The molecule has 0 saturated heterocycles. The molecule has 8 heteroatoms. The summed E-state index contributed by atoms with van der Waals surface area (Å²) in [6, 6.07) is 13.5. The molecule has 1 aliphatic carbocycles. The summed E-state index contributed by atoms with van der Waals surface area (Å²) in [5, 5.41) is 3.38. The van der Waals surface area contributed by atoms with Crippen molar-refractivity contribution in [3.05, 3.63) is 59.2 Å². The lowest BCUT2D eigenvalue weighted by atomic mass is 10.1. The van der Waals surface area contributed by atoms with Gasteiger partial charge in [-0.05, 0) is 42.2 Å². The van der Waals surface area contributed by atoms with Crippen molar-refractivity contribution in [1.82, 2.24) is 10.3 Å². The zero-order chi connectivity index (χ0) is 18.3. The van der Waals surface area contributed by atoms with Crippen LogP contribution in [-0.4, -0.2) is 31.6 Å². The van der Waals surface area contributed by atoms with Crippen LogP contribution in [0, 0.1) is 0 Å². The van der Waals surface area contributed by atoms with Crippen LogP contribution in [0.5, 0.6) is 0 Å². The number of nitrogens with one attached hydrogen (secondary N) is 2. The maximum Gasteiger partial charge on any atom is 0.251 e. The normalized spacial score (nSPS) is 14.3. The molecular weight excluding hydrogens is 370 g/mol. The fraction of sp³-hybridized carbons (Fsp3) is 0.222. The van der Waals surface area contributed by atoms with Crippen LogP contribution in [0.1, 0.15) is 21.5 Å². The summed E-state index contributed by atoms with van der Waals surface area (Å²) in [7, 11) is -3.37. The molecule has 2 N–H and O–H groups in total. The van der Waals surface area contributed by atoms with Gasteiger partial charge in [0.1, 0.15) is 0 Å². The first-order chi connectivity index (χ1) is 12.4. The van der Waals surface area contributed by atoms with Crippen LogP contribution in [0.15, 0.2) is 42.5 Å². The minimum Gasteiger partial charge on any atom is -0.349 e. The molecule has 1 amide bonds. The molecule has 26 heavy (non-hydrogen) atoms. The summed E-state index contributed by atoms with van der Waals surface area (Å²) in [5.41, 5.74) is 3.77. The number of hydrogen-bond acceptors (Lipinski definition) is 5. The molecule has 0 saturated carbocycles. The molecule has 0 unspecified atom stereocenters. The highest BCUT2D eigenvalue weighted by Crippen LogP contribution is 2.28. The molecule has 0 spiro atoms. The van der Waals surface area contributed by atoms with Gasteiger partial charge in [-0.25, -0.2) is 13.4 Å². The van der Waals surface area contributed by atoms with Crippen LogP contribution in [-0.2, 0) is 22.9 Å². The molecular formula is C18H17N3O3S2. The summed E-state index contributed by atoms with van der Waals surface area (Å²) in [6.07, 6.45) is 2.76. The molecule has 0 atom stereocenters. The third-order valence-electron chi connectivity index (χ3n) is 4.31. The predicted molar refractivity (Wildman–Crippen MR) is 103 cm³/mol. The minimum atomic E-state index is -3.37. The van der Waals surface area contributed by atoms with Gasteiger partial charge in [0.15, 0.2) is 5.13 Å². The van der Waals surface area contributed by atoms with Crippen LogP contribution < -0.4 is 10.0 Å². The van der Waals surface area contributed by atoms with Crippen molar-refractivity contribution < 1.29 is 13.2 Å². The Kier molecular flexibility index (Phi) is 4.16. The number of sulfonamides is 1. The quantitative estimate of drug-likeness (QED) is 0.720. The van der Waals surface area contributed by atoms with Crippen LogP contribution in [0.3, 0.4) is 0 Å². The first-order valence-electron chi connectivity index (χ1n) is 8.13. The second-order valence-corrected chi connectivity index (χ2v) is 9.20. The van der Waals surface area contributed by atoms with Crippen molar-refractivity contribution in [2.45, 2.75) is 18.9 Å². The maximum atomic E-state index is 12.6. The molecule has 1 aromatic heterocycles. The highest BCUT2D eigenvalue weighted by molar-refractivity contribution is 7.92. The average Bonchev–Trinajstić information content (AvgIpc) is 3.14. The van der Waals surface area contributed by atoms with Gasteiger partial charge >= 0.3 is 0 Å². The first-order valence-corrected chi connectivity index (χ1v) is 10.8. The smallest absolute Gasteiger partial charge is 0.251 e. The van der Waals surface area contributed by atoms with Crippen LogP contribution in [0.25, 0.3) is 10.2 Å². The summed E-state index contributed by atoms with van der Waals surface area (Å²) < 4.78 is 25.8. The van der Waals surface area contributed by atoms with Crippen LogP contribution >= 0.6 is 11.3 Å². The Balaban J connectivity index is 1.50. The number of aromatic nitrogens is 1. The molecule has 6 nitrogen and oxygen atoms in total. The summed E-state index contributed by atoms with van der Waals surface area (Å²) in [5.74, 6) is -0.129. The van der Waals surface area contributed by atoms with Gasteiger partial charge in [0.05, 0.1) is 16.5 Å². The van der Waals surface area contributed by atoms with E-state index in [1.165, 1.54) is 22.5 Å². The number of anilines is 1. The molecule has 0 bridgehead atoms. The Morgan fingerprint density at radius 1 is 1.15 bits per heavy atom. The summed E-state index contributed by atoms with van der Waals surface area (Å²) in [4.78, 5) is 16.8. The standard InChI is InChI=1S/C18H17N3O3S2/c1-26(23,24)21-18-20-15-7-6-13(10-16(15)25-18)17(22)19-14-8-11-4-2-3-5-12(11)9-14/h2-7,10,14H,8-9H2,1H3,(H,19,22)(H,20,21). The molecule has 1 heterocycles. The molecule has 3 aromatic rings. The number of hydrogen-bond donors (Lipinski definition) is 2. The molecule has 0 aliphatic heterocycles. The van der Waals surface area contributed by atoms with E-state index in [0.29, 0.717) is 16.2 Å². The Bertz CT molecular complexity index is 1080. The lowest BCUT2D eigenvalue weighted by molar-refractivity contribution is 0.0938. The fourth-order valence-corrected chi connectivity index (χ4v) is 4.94. The number of thiazole rings is 1. The second kappa shape index (κ2) is 6.37. The van der Waals surface area contributed by atoms with E-state index in [9.17, 15) is 13.2 Å². The van der Waals surface area contributed by atoms with E-state index < -0.39 is 10.0 Å². The molecule has 134 valence electrons. The molecule has 4 rings (SSSR count). The highest BCUT2D eigenvalue weighted by atomic mass is 32.2. The van der Waals surface area contributed by atoms with Gasteiger partial charge in [-0.15, -0.1) is 0 Å². The second-order valence-electron chi connectivity index (χ2n) is 6.42. The zero-order valence-electron chi connectivity index (χ0n) is 14.0. The number of nitrogens with zero attached hydrogens (tertiary/aromatic N) is 1. The van der Waals surface area contributed by atoms with Crippen molar-refractivity contribution in [1.29, 1.82) is 0 Å². The minimum absolute atomic E-state index is 0.0968. The number of carbonyl (C=O) groups is 1. The van der Waals surface area contributed by atoms with E-state index in [-0.39, 0.29) is 11.9 Å². The third-order valence-corrected chi connectivity index (χ3v) is 5.94. The lowest BCUT2D eigenvalue weighted by Gasteiger charge is -2.12. The van der Waals surface area contributed by atoms with Gasteiger partial charge in [-0.2, -0.15) is 0 Å². The number of amides is 1. The first kappa shape index (κ1) is 17.0. The maximum absolute atomic E-state index is 12.6. The molecule has 1 aliphatic rings. The van der Waals surface area contributed by atoms with Crippen molar-refractivity contribution in [2.24, 2.45) is 0 Å². The molecule has 0 fully saturated rings. The molecule has 0 radical (unpaired) electrons. The highest BCUT2D eigenvalue weighted by Gasteiger charge is 2.23. The Morgan fingerprint density at radius 3 is 2.50 bits per heavy atom. The summed E-state index contributed by atoms with van der Waals surface area (Å²) >= 11 is 1.21. The monoisotopic (exact) mass is 387 g/mol. The van der Waals surface area contributed by atoms with Gasteiger partial charge in [0.25, 0.3) is 5.91 Å².